The van der Waals surface area contributed by atoms with Crippen LogP contribution in [0.4, 0.5) is 4.79 Å². The normalized spacial score (nSPS) is 24.0. The highest BCUT2D eigenvalue weighted by molar-refractivity contribution is 6.08. The van der Waals surface area contributed by atoms with Gasteiger partial charge in [0.25, 0.3) is 5.91 Å². The average Bonchev–Trinajstić information content (AvgIpc) is 2.95. The second-order valence-corrected chi connectivity index (χ2v) is 9.98. The first-order valence-electron chi connectivity index (χ1n) is 11.3. The molecule has 2 fully saturated rings. The smallest absolute Gasteiger partial charge is 0.331 e. The minimum Gasteiger partial charge on any atom is -0.489 e. The van der Waals surface area contributed by atoms with E-state index < -0.39 is 24.1 Å². The monoisotopic (exact) mass is 450 g/mol. The van der Waals surface area contributed by atoms with Gasteiger partial charge in [-0.3, -0.25) is 9.69 Å². The largest absolute Gasteiger partial charge is 0.489 e. The lowest BCUT2D eigenvalue weighted by Gasteiger charge is -2.43. The van der Waals surface area contributed by atoms with Crippen LogP contribution in [0.2, 0.25) is 0 Å². The van der Waals surface area contributed by atoms with Crippen molar-refractivity contribution in [2.24, 2.45) is 11.3 Å². The number of ether oxygens (including phenoxy) is 2. The Kier molecular flexibility index (Phi) is 6.15. The van der Waals surface area contributed by atoms with E-state index in [1.165, 1.54) is 0 Å². The zero-order chi connectivity index (χ0) is 23.6. The SMILES string of the molecule is C[C@H]1CC(C)(C)C[C@@]2(C1)NC(=O)N(CC(=O)Oc1ccc(OCc3ccccc3)cc1)C2=O. The molecule has 3 amide bonds. The Hall–Kier alpha value is -3.35. The van der Waals surface area contributed by atoms with Crippen molar-refractivity contribution >= 4 is 17.9 Å². The molecule has 1 N–H and O–H groups in total. The average molecular weight is 451 g/mol. The van der Waals surface area contributed by atoms with Gasteiger partial charge >= 0.3 is 12.0 Å². The minimum atomic E-state index is -0.934. The number of nitrogens with zero attached hydrogens (tertiary/aromatic N) is 1. The van der Waals surface area contributed by atoms with E-state index in [1.807, 2.05) is 30.3 Å². The van der Waals surface area contributed by atoms with E-state index in [0.717, 1.165) is 16.9 Å². The van der Waals surface area contributed by atoms with Crippen LogP contribution in [0.15, 0.2) is 54.6 Å². The number of nitrogens with one attached hydrogen (secondary N) is 1. The number of carbonyl (C=O) groups is 3. The molecule has 2 atom stereocenters. The summed E-state index contributed by atoms with van der Waals surface area (Å²) in [5.41, 5.74) is 0.0487. The summed E-state index contributed by atoms with van der Waals surface area (Å²) in [5.74, 6) is 0.253. The first-order valence-corrected chi connectivity index (χ1v) is 11.3. The zero-order valence-corrected chi connectivity index (χ0v) is 19.3. The zero-order valence-electron chi connectivity index (χ0n) is 19.3. The molecule has 0 aromatic heterocycles. The van der Waals surface area contributed by atoms with Crippen LogP contribution in [-0.4, -0.2) is 34.9 Å². The highest BCUT2D eigenvalue weighted by Crippen LogP contribution is 2.46. The van der Waals surface area contributed by atoms with E-state index in [0.29, 0.717) is 36.9 Å². The summed E-state index contributed by atoms with van der Waals surface area (Å²) in [6.07, 6.45) is 2.13. The van der Waals surface area contributed by atoms with E-state index >= 15 is 0 Å². The van der Waals surface area contributed by atoms with Crippen LogP contribution in [0.3, 0.4) is 0 Å². The molecular weight excluding hydrogens is 420 g/mol. The molecular formula is C26H30N2O5. The van der Waals surface area contributed by atoms with Crippen molar-refractivity contribution in [2.75, 3.05) is 6.54 Å². The van der Waals surface area contributed by atoms with Crippen molar-refractivity contribution in [3.8, 4) is 11.5 Å². The molecule has 1 saturated heterocycles. The number of esters is 1. The van der Waals surface area contributed by atoms with Gasteiger partial charge in [0.2, 0.25) is 0 Å². The van der Waals surface area contributed by atoms with Gasteiger partial charge in [-0.1, -0.05) is 51.1 Å². The molecule has 174 valence electrons. The molecule has 1 aliphatic heterocycles. The molecule has 7 heteroatoms. The molecule has 2 aromatic carbocycles. The predicted octanol–water partition coefficient (Wildman–Crippen LogP) is 4.31. The van der Waals surface area contributed by atoms with Crippen LogP contribution >= 0.6 is 0 Å². The molecule has 0 bridgehead atoms. The second kappa shape index (κ2) is 8.89. The lowest BCUT2D eigenvalue weighted by Crippen LogP contribution is -2.54. The van der Waals surface area contributed by atoms with Gasteiger partial charge in [-0.15, -0.1) is 0 Å². The summed E-state index contributed by atoms with van der Waals surface area (Å²) in [7, 11) is 0. The fraction of sp³-hybridized carbons (Fsp3) is 0.423. The van der Waals surface area contributed by atoms with Crippen molar-refractivity contribution in [1.29, 1.82) is 0 Å². The van der Waals surface area contributed by atoms with Crippen LogP contribution in [0.25, 0.3) is 0 Å². The summed E-state index contributed by atoms with van der Waals surface area (Å²) < 4.78 is 11.1. The molecule has 0 unspecified atom stereocenters. The summed E-state index contributed by atoms with van der Waals surface area (Å²) in [5, 5.41) is 2.87. The third kappa shape index (κ3) is 5.18. The van der Waals surface area contributed by atoms with E-state index in [1.54, 1.807) is 24.3 Å². The number of urea groups is 1. The number of imide groups is 1. The molecule has 1 spiro atoms. The van der Waals surface area contributed by atoms with E-state index in [2.05, 4.69) is 26.1 Å². The second-order valence-electron chi connectivity index (χ2n) is 9.98. The quantitative estimate of drug-likeness (QED) is 0.403. The Labute approximate surface area is 194 Å². The molecule has 0 radical (unpaired) electrons. The molecule has 1 aliphatic carbocycles. The maximum Gasteiger partial charge on any atom is 0.331 e. The molecule has 2 aliphatic rings. The summed E-state index contributed by atoms with van der Waals surface area (Å²) >= 11 is 0. The number of amides is 3. The molecule has 4 rings (SSSR count). The third-order valence-electron chi connectivity index (χ3n) is 6.22. The third-order valence-corrected chi connectivity index (χ3v) is 6.22. The van der Waals surface area contributed by atoms with Crippen molar-refractivity contribution < 1.29 is 23.9 Å². The Bertz CT molecular complexity index is 1030. The Morgan fingerprint density at radius 2 is 1.70 bits per heavy atom. The number of hydrogen-bond donors (Lipinski definition) is 1. The van der Waals surface area contributed by atoms with Crippen molar-refractivity contribution in [2.45, 2.75) is 52.2 Å². The van der Waals surface area contributed by atoms with Gasteiger partial charge in [0.05, 0.1) is 0 Å². The fourth-order valence-corrected chi connectivity index (χ4v) is 5.29. The maximum absolute atomic E-state index is 13.2. The highest BCUT2D eigenvalue weighted by atomic mass is 16.5. The Morgan fingerprint density at radius 1 is 1.03 bits per heavy atom. The Balaban J connectivity index is 1.34. The lowest BCUT2D eigenvalue weighted by atomic mass is 9.64. The van der Waals surface area contributed by atoms with Crippen LogP contribution in [-0.2, 0) is 16.2 Å². The number of hydrogen-bond acceptors (Lipinski definition) is 5. The van der Waals surface area contributed by atoms with Gasteiger partial charge < -0.3 is 14.8 Å². The standard InChI is InChI=1S/C26H30N2O5/c1-18-13-25(2,3)17-26(14-18)23(30)28(24(31)27-26)15-22(29)33-21-11-9-20(10-12-21)32-16-19-7-5-4-6-8-19/h4-12,18H,13-17H2,1-3H3,(H,27,31)/t18-,26+/m0/s1. The first kappa shape index (κ1) is 22.8. The summed E-state index contributed by atoms with van der Waals surface area (Å²) in [4.78, 5) is 39.2. The molecule has 2 aromatic rings. The van der Waals surface area contributed by atoms with E-state index in [9.17, 15) is 14.4 Å². The molecule has 33 heavy (non-hydrogen) atoms. The van der Waals surface area contributed by atoms with Gasteiger partial charge in [0, 0.05) is 0 Å². The first-order chi connectivity index (χ1) is 15.7. The van der Waals surface area contributed by atoms with Gasteiger partial charge in [-0.25, -0.2) is 9.59 Å². The Morgan fingerprint density at radius 3 is 2.36 bits per heavy atom. The van der Waals surface area contributed by atoms with E-state index in [-0.39, 0.29) is 11.3 Å². The van der Waals surface area contributed by atoms with Crippen molar-refractivity contribution in [3.05, 3.63) is 60.2 Å². The van der Waals surface area contributed by atoms with Crippen LogP contribution in [0.1, 0.15) is 45.6 Å². The van der Waals surface area contributed by atoms with E-state index in [4.69, 9.17) is 9.47 Å². The maximum atomic E-state index is 13.2. The molecule has 1 saturated carbocycles. The van der Waals surface area contributed by atoms with Gasteiger partial charge in [0.1, 0.15) is 30.2 Å². The fourth-order valence-electron chi connectivity index (χ4n) is 5.29. The van der Waals surface area contributed by atoms with Gasteiger partial charge in [-0.2, -0.15) is 0 Å². The minimum absolute atomic E-state index is 0.0680. The highest BCUT2D eigenvalue weighted by Gasteiger charge is 2.56. The van der Waals surface area contributed by atoms with Gasteiger partial charge in [0.15, 0.2) is 0 Å². The number of carbonyl (C=O) groups excluding carboxylic acids is 3. The molecule has 1 heterocycles. The predicted molar refractivity (Wildman–Crippen MR) is 123 cm³/mol. The van der Waals surface area contributed by atoms with Crippen LogP contribution in [0, 0.1) is 11.3 Å². The number of rotatable bonds is 6. The number of benzene rings is 2. The summed E-state index contributed by atoms with van der Waals surface area (Å²) in [6.45, 7) is 6.31. The van der Waals surface area contributed by atoms with Crippen molar-refractivity contribution in [3.63, 3.8) is 0 Å². The van der Waals surface area contributed by atoms with Gasteiger partial charge in [-0.05, 0) is 60.4 Å². The lowest BCUT2D eigenvalue weighted by molar-refractivity contribution is -0.142. The van der Waals surface area contributed by atoms with Crippen LogP contribution < -0.4 is 14.8 Å². The molecule has 7 nitrogen and oxygen atoms in total. The van der Waals surface area contributed by atoms with Crippen LogP contribution in [0.5, 0.6) is 11.5 Å². The van der Waals surface area contributed by atoms with Crippen molar-refractivity contribution in [1.82, 2.24) is 10.2 Å². The summed E-state index contributed by atoms with van der Waals surface area (Å²) in [6, 6.07) is 15.9. The topological polar surface area (TPSA) is 84.9 Å².